The van der Waals surface area contributed by atoms with Crippen molar-refractivity contribution < 1.29 is 0 Å². The molecule has 6 heteroatoms. The number of thiophene rings is 2. The first-order valence-corrected chi connectivity index (χ1v) is 21.4. The third kappa shape index (κ3) is 5.24. The summed E-state index contributed by atoms with van der Waals surface area (Å²) in [5, 5.41) is 8.71. The van der Waals surface area contributed by atoms with Gasteiger partial charge in [-0.05, 0) is 59.4 Å². The molecule has 2 aromatic heterocycles. The first kappa shape index (κ1) is 32.9. The highest BCUT2D eigenvalue weighted by molar-refractivity contribution is 7.27. The number of hydrogen-bond donors (Lipinski definition) is 1. The Morgan fingerprint density at radius 1 is 0.649 bits per heavy atom. The molecule has 4 nitrogen and oxygen atoms in total. The standard InChI is InChI=1S/C51H36N4S2/c1-3-14-31(15-4-1)49-52-50(32-16-5-2-6-17-32)54-51(53-49)39-23-13-27-45-46(39)40-30-33(28-29-44(40)56-45)34-20-11-21-37-38-22-12-26-43(48(38)57-47(34)37)55-41-24-9-7-18-35(41)36-19-8-10-25-42(36)55/h1-9,11-24,26-30,35,41,49H,10,25H2,(H,52,53,54). The summed E-state index contributed by atoms with van der Waals surface area (Å²) in [6, 6.07) is 48.5. The van der Waals surface area contributed by atoms with E-state index in [1.54, 1.807) is 0 Å². The molecule has 12 rings (SSSR count). The summed E-state index contributed by atoms with van der Waals surface area (Å²) in [7, 11) is 0. The molecule has 0 fully saturated rings. The van der Waals surface area contributed by atoms with Gasteiger partial charge in [-0.3, -0.25) is 0 Å². The van der Waals surface area contributed by atoms with Crippen LogP contribution >= 0.6 is 22.7 Å². The van der Waals surface area contributed by atoms with E-state index in [1.165, 1.54) is 68.4 Å². The molecule has 0 radical (unpaired) electrons. The molecular weight excluding hydrogens is 733 g/mol. The van der Waals surface area contributed by atoms with Gasteiger partial charge in [0.1, 0.15) is 12.0 Å². The number of benzene rings is 6. The number of rotatable bonds is 5. The van der Waals surface area contributed by atoms with Gasteiger partial charge in [0, 0.05) is 58.4 Å². The van der Waals surface area contributed by atoms with E-state index in [0.717, 1.165) is 41.2 Å². The minimum Gasteiger partial charge on any atom is -0.344 e. The largest absolute Gasteiger partial charge is 0.344 e. The van der Waals surface area contributed by atoms with Crippen molar-refractivity contribution in [3.8, 4) is 11.1 Å². The van der Waals surface area contributed by atoms with Gasteiger partial charge in [0.2, 0.25) is 0 Å². The number of fused-ring (bicyclic) bond motifs is 8. The molecule has 3 atom stereocenters. The van der Waals surface area contributed by atoms with Crippen molar-refractivity contribution in [2.45, 2.75) is 25.0 Å². The van der Waals surface area contributed by atoms with E-state index < -0.39 is 0 Å². The molecule has 272 valence electrons. The van der Waals surface area contributed by atoms with Gasteiger partial charge >= 0.3 is 0 Å². The van der Waals surface area contributed by atoms with Crippen molar-refractivity contribution in [1.82, 2.24) is 5.32 Å². The lowest BCUT2D eigenvalue weighted by Crippen LogP contribution is -2.33. The smallest absolute Gasteiger partial charge is 0.160 e. The van der Waals surface area contributed by atoms with Gasteiger partial charge in [-0.2, -0.15) is 0 Å². The van der Waals surface area contributed by atoms with Crippen LogP contribution in [0.15, 0.2) is 191 Å². The highest BCUT2D eigenvalue weighted by Gasteiger charge is 2.39. The normalized spacial score (nSPS) is 20.0. The van der Waals surface area contributed by atoms with E-state index >= 15 is 0 Å². The second-order valence-corrected chi connectivity index (χ2v) is 17.3. The molecular formula is C51H36N4S2. The summed E-state index contributed by atoms with van der Waals surface area (Å²) in [5.74, 6) is 1.97. The van der Waals surface area contributed by atoms with E-state index in [-0.39, 0.29) is 6.17 Å². The van der Waals surface area contributed by atoms with Crippen molar-refractivity contribution in [2.24, 2.45) is 15.9 Å². The fourth-order valence-electron chi connectivity index (χ4n) is 9.37. The number of amidine groups is 2. The summed E-state index contributed by atoms with van der Waals surface area (Å²) < 4.78 is 5.19. The molecule has 0 saturated carbocycles. The number of anilines is 1. The monoisotopic (exact) mass is 768 g/mol. The van der Waals surface area contributed by atoms with Crippen LogP contribution in [-0.2, 0) is 0 Å². The lowest BCUT2D eigenvalue weighted by atomic mass is 9.88. The summed E-state index contributed by atoms with van der Waals surface area (Å²) in [5.41, 5.74) is 9.98. The van der Waals surface area contributed by atoms with Gasteiger partial charge in [-0.25, -0.2) is 9.98 Å². The molecule has 57 heavy (non-hydrogen) atoms. The molecule has 4 heterocycles. The molecule has 2 aliphatic heterocycles. The molecule has 0 amide bonds. The van der Waals surface area contributed by atoms with E-state index in [1.807, 2.05) is 34.8 Å². The third-order valence-corrected chi connectivity index (χ3v) is 14.4. The maximum atomic E-state index is 5.28. The number of allylic oxidation sites excluding steroid dienone is 5. The zero-order valence-electron chi connectivity index (χ0n) is 31.0. The maximum Gasteiger partial charge on any atom is 0.160 e. The van der Waals surface area contributed by atoms with Crippen molar-refractivity contribution in [1.29, 1.82) is 0 Å². The second-order valence-electron chi connectivity index (χ2n) is 15.2. The van der Waals surface area contributed by atoms with Crippen molar-refractivity contribution in [2.75, 3.05) is 4.90 Å². The summed E-state index contributed by atoms with van der Waals surface area (Å²) in [6.45, 7) is 0. The van der Waals surface area contributed by atoms with Crippen LogP contribution < -0.4 is 10.2 Å². The first-order chi connectivity index (χ1) is 28.3. The Morgan fingerprint density at radius 2 is 1.44 bits per heavy atom. The lowest BCUT2D eigenvalue weighted by molar-refractivity contribution is 0.674. The van der Waals surface area contributed by atoms with Crippen LogP contribution in [0, 0.1) is 5.92 Å². The Balaban J connectivity index is 1.01. The molecule has 0 spiro atoms. The number of aliphatic imine (C=N–C) groups is 2. The average molecular weight is 769 g/mol. The number of nitrogens with one attached hydrogen (secondary N) is 1. The molecule has 3 unspecified atom stereocenters. The van der Waals surface area contributed by atoms with Crippen LogP contribution in [0.3, 0.4) is 0 Å². The van der Waals surface area contributed by atoms with Crippen molar-refractivity contribution >= 4 is 80.4 Å². The first-order valence-electron chi connectivity index (χ1n) is 19.7. The molecule has 0 saturated heterocycles. The lowest BCUT2D eigenvalue weighted by Gasteiger charge is -2.31. The predicted octanol–water partition coefficient (Wildman–Crippen LogP) is 13.1. The topological polar surface area (TPSA) is 40.0 Å². The zero-order valence-corrected chi connectivity index (χ0v) is 32.6. The summed E-state index contributed by atoms with van der Waals surface area (Å²) in [4.78, 5) is 13.1. The van der Waals surface area contributed by atoms with Crippen molar-refractivity contribution in [3.05, 3.63) is 198 Å². The quantitative estimate of drug-likeness (QED) is 0.189. The highest BCUT2D eigenvalue weighted by atomic mass is 32.1. The highest BCUT2D eigenvalue weighted by Crippen LogP contribution is 2.50. The third-order valence-electron chi connectivity index (χ3n) is 11.9. The average Bonchev–Trinajstić information content (AvgIpc) is 3.96. The fraction of sp³-hybridized carbons (Fsp3) is 0.0980. The van der Waals surface area contributed by atoms with E-state index in [4.69, 9.17) is 9.98 Å². The molecule has 8 aromatic rings. The molecule has 1 N–H and O–H groups in total. The van der Waals surface area contributed by atoms with Gasteiger partial charge in [-0.15, -0.1) is 22.7 Å². The van der Waals surface area contributed by atoms with Gasteiger partial charge in [0.15, 0.2) is 5.84 Å². The Bertz CT molecular complexity index is 3120. The maximum absolute atomic E-state index is 5.28. The van der Waals surface area contributed by atoms with Gasteiger partial charge in [0.25, 0.3) is 0 Å². The molecule has 2 aliphatic carbocycles. The van der Waals surface area contributed by atoms with Gasteiger partial charge in [0.05, 0.1) is 16.4 Å². The Labute approximate surface area is 338 Å². The number of hydrogen-bond acceptors (Lipinski definition) is 6. The van der Waals surface area contributed by atoms with Crippen LogP contribution in [0.1, 0.15) is 35.7 Å². The predicted molar refractivity (Wildman–Crippen MR) is 243 cm³/mol. The molecule has 4 aliphatic rings. The Kier molecular flexibility index (Phi) is 7.57. The second kappa shape index (κ2) is 13.1. The van der Waals surface area contributed by atoms with Gasteiger partial charge < -0.3 is 10.2 Å². The fourth-order valence-corrected chi connectivity index (χ4v) is 11.8. The molecule has 0 bridgehead atoms. The zero-order chi connectivity index (χ0) is 37.5. The van der Waals surface area contributed by atoms with Crippen LogP contribution in [-0.4, -0.2) is 17.7 Å². The van der Waals surface area contributed by atoms with Crippen LogP contribution in [0.25, 0.3) is 51.5 Å². The van der Waals surface area contributed by atoms with Crippen LogP contribution in [0.4, 0.5) is 5.69 Å². The Morgan fingerprint density at radius 3 is 2.33 bits per heavy atom. The van der Waals surface area contributed by atoms with Crippen LogP contribution in [0.5, 0.6) is 0 Å². The van der Waals surface area contributed by atoms with E-state index in [2.05, 4.69) is 168 Å². The SMILES string of the molecule is C1=CC2C3=C(CCC=C3)N(c3cccc4c3sc3c(-c5ccc6sc7cccc(C8=NC(c9ccccc9)NC(c9ccccc9)=N8)c7c6c5)cccc34)C2C=C1. The molecule has 6 aromatic carbocycles. The van der Waals surface area contributed by atoms with Gasteiger partial charge in [-0.1, -0.05) is 146 Å². The number of nitrogens with zero attached hydrogens (tertiary/aromatic N) is 3. The minimum absolute atomic E-state index is 0.255. The minimum atomic E-state index is -0.255. The van der Waals surface area contributed by atoms with Crippen molar-refractivity contribution in [3.63, 3.8) is 0 Å². The summed E-state index contributed by atoms with van der Waals surface area (Å²) in [6.07, 6.45) is 15.9. The summed E-state index contributed by atoms with van der Waals surface area (Å²) >= 11 is 3.78. The van der Waals surface area contributed by atoms with Crippen LogP contribution in [0.2, 0.25) is 0 Å². The Hall–Kier alpha value is -6.34. The van der Waals surface area contributed by atoms with E-state index in [0.29, 0.717) is 12.0 Å². The van der Waals surface area contributed by atoms with E-state index in [9.17, 15) is 0 Å².